The molecule has 0 spiro atoms. The summed E-state index contributed by atoms with van der Waals surface area (Å²) in [6, 6.07) is 11.2. The summed E-state index contributed by atoms with van der Waals surface area (Å²) in [7, 11) is -1.40. The summed E-state index contributed by atoms with van der Waals surface area (Å²) < 4.78 is 2.80. The third kappa shape index (κ3) is 3.04. The van der Waals surface area contributed by atoms with E-state index >= 15 is 0 Å². The van der Waals surface area contributed by atoms with Crippen molar-refractivity contribution in [3.63, 3.8) is 0 Å². The van der Waals surface area contributed by atoms with Crippen LogP contribution in [0.4, 0.5) is 0 Å². The van der Waals surface area contributed by atoms with Crippen molar-refractivity contribution < 1.29 is 0 Å². The summed E-state index contributed by atoms with van der Waals surface area (Å²) in [5.41, 5.74) is 0. The van der Waals surface area contributed by atoms with Crippen molar-refractivity contribution in [3.05, 3.63) is 30.3 Å². The van der Waals surface area contributed by atoms with Crippen LogP contribution in [-0.2, 0) is 0 Å². The van der Waals surface area contributed by atoms with Crippen LogP contribution in [0.5, 0.6) is 0 Å². The van der Waals surface area contributed by atoms with E-state index in [1.807, 2.05) is 0 Å². The Morgan fingerprint density at radius 2 is 1.72 bits per heavy atom. The molecule has 0 radical (unpaired) electrons. The van der Waals surface area contributed by atoms with Crippen molar-refractivity contribution in [2.24, 2.45) is 5.92 Å². The van der Waals surface area contributed by atoms with E-state index in [0.717, 1.165) is 5.92 Å². The number of rotatable bonds is 4. The minimum atomic E-state index is -1.40. The molecule has 1 saturated heterocycles. The van der Waals surface area contributed by atoms with Gasteiger partial charge in [-0.25, -0.2) is 0 Å². The lowest BCUT2D eigenvalue weighted by atomic mass is 9.94. The van der Waals surface area contributed by atoms with Gasteiger partial charge in [-0.3, -0.25) is 0 Å². The molecule has 0 unspecified atom stereocenters. The lowest BCUT2D eigenvalue weighted by Crippen LogP contribution is -2.59. The van der Waals surface area contributed by atoms with E-state index in [0.29, 0.717) is 0 Å². The number of hydrogen-bond donors (Lipinski definition) is 0. The molecule has 1 fully saturated rings. The average molecular weight is 261 g/mol. The van der Waals surface area contributed by atoms with Crippen molar-refractivity contribution in [1.29, 1.82) is 0 Å². The Kier molecular flexibility index (Phi) is 4.63. The van der Waals surface area contributed by atoms with Crippen molar-refractivity contribution in [2.45, 2.75) is 45.7 Å². The normalized spacial score (nSPS) is 19.1. The highest BCUT2D eigenvalue weighted by atomic mass is 28.3. The zero-order valence-corrected chi connectivity index (χ0v) is 13.2. The molecule has 1 heterocycles. The van der Waals surface area contributed by atoms with Crippen molar-refractivity contribution in [1.82, 2.24) is 4.57 Å². The van der Waals surface area contributed by atoms with Gasteiger partial charge in [-0.2, -0.15) is 0 Å². The molecule has 0 aromatic heterocycles. The van der Waals surface area contributed by atoms with Gasteiger partial charge in [-0.05, 0) is 37.0 Å². The van der Waals surface area contributed by atoms with Crippen LogP contribution in [0.3, 0.4) is 0 Å². The summed E-state index contributed by atoms with van der Waals surface area (Å²) in [6.45, 7) is 9.96. The fourth-order valence-corrected chi connectivity index (χ4v) is 5.97. The summed E-state index contributed by atoms with van der Waals surface area (Å²) in [6.07, 6.45) is 5.61. The third-order valence-electron chi connectivity index (χ3n) is 4.58. The monoisotopic (exact) mass is 261 g/mol. The summed E-state index contributed by atoms with van der Waals surface area (Å²) >= 11 is 0. The lowest BCUT2D eigenvalue weighted by molar-refractivity contribution is 0.259. The Balaban J connectivity index is 2.00. The molecule has 2 heteroatoms. The van der Waals surface area contributed by atoms with Crippen molar-refractivity contribution in [3.8, 4) is 0 Å². The molecule has 18 heavy (non-hydrogen) atoms. The molecule has 1 aliphatic rings. The molecule has 1 aliphatic heterocycles. The molecular weight excluding hydrogens is 234 g/mol. The second-order valence-corrected chi connectivity index (χ2v) is 10.5. The molecule has 0 amide bonds. The predicted octanol–water partition coefficient (Wildman–Crippen LogP) is 3.61. The maximum absolute atomic E-state index is 2.80. The maximum atomic E-state index is 2.80. The summed E-state index contributed by atoms with van der Waals surface area (Å²) in [5, 5.41) is 1.58. The highest BCUT2D eigenvalue weighted by Gasteiger charge is 2.33. The quantitative estimate of drug-likeness (QED) is 0.748. The van der Waals surface area contributed by atoms with Crippen LogP contribution in [0.25, 0.3) is 0 Å². The largest absolute Gasteiger partial charge is 0.320 e. The number of nitrogens with zero attached hydrogens (tertiary/aromatic N) is 1. The van der Waals surface area contributed by atoms with Gasteiger partial charge in [0.2, 0.25) is 0 Å². The van der Waals surface area contributed by atoms with Gasteiger partial charge in [0.1, 0.15) is 0 Å². The first-order chi connectivity index (χ1) is 8.64. The smallest absolute Gasteiger partial charge is 0.154 e. The standard InChI is InChI=1S/C16H27NSi/c1-4-8-15-11-13-17(14-12-15)18(2,3)16-9-6-5-7-10-16/h5-7,9-10,15H,4,8,11-14H2,1-3H3. The molecule has 2 rings (SSSR count). The minimum absolute atomic E-state index is 0.992. The van der Waals surface area contributed by atoms with Crippen LogP contribution in [0, 0.1) is 5.92 Å². The fraction of sp³-hybridized carbons (Fsp3) is 0.625. The van der Waals surface area contributed by atoms with Crippen LogP contribution in [0.1, 0.15) is 32.6 Å². The van der Waals surface area contributed by atoms with E-state index in [1.165, 1.54) is 38.8 Å². The summed E-state index contributed by atoms with van der Waals surface area (Å²) in [4.78, 5) is 0. The molecule has 0 saturated carbocycles. The van der Waals surface area contributed by atoms with Crippen molar-refractivity contribution in [2.75, 3.05) is 13.1 Å². The molecule has 1 aromatic carbocycles. The van der Waals surface area contributed by atoms with E-state index in [4.69, 9.17) is 0 Å². The van der Waals surface area contributed by atoms with Gasteiger partial charge in [0, 0.05) is 0 Å². The Morgan fingerprint density at radius 1 is 1.11 bits per heavy atom. The van der Waals surface area contributed by atoms with Gasteiger partial charge in [-0.15, -0.1) is 0 Å². The van der Waals surface area contributed by atoms with Gasteiger partial charge in [0.15, 0.2) is 8.24 Å². The summed E-state index contributed by atoms with van der Waals surface area (Å²) in [5.74, 6) is 0.992. The molecular formula is C16H27NSi. The van der Waals surface area contributed by atoms with Gasteiger partial charge < -0.3 is 4.57 Å². The molecule has 0 bridgehead atoms. The molecule has 1 nitrogen and oxygen atoms in total. The molecule has 0 N–H and O–H groups in total. The number of piperidine rings is 1. The Hall–Kier alpha value is -0.603. The van der Waals surface area contributed by atoms with E-state index in [2.05, 4.69) is 54.9 Å². The van der Waals surface area contributed by atoms with Crippen LogP contribution in [-0.4, -0.2) is 25.9 Å². The second kappa shape index (κ2) is 6.03. The Morgan fingerprint density at radius 3 is 2.28 bits per heavy atom. The molecule has 0 atom stereocenters. The van der Waals surface area contributed by atoms with Crippen LogP contribution in [0.2, 0.25) is 13.1 Å². The third-order valence-corrected chi connectivity index (χ3v) is 8.36. The van der Waals surface area contributed by atoms with E-state index in [-0.39, 0.29) is 0 Å². The predicted molar refractivity (Wildman–Crippen MR) is 82.8 cm³/mol. The highest BCUT2D eigenvalue weighted by molar-refractivity contribution is 6.87. The SMILES string of the molecule is CCCC1CCN([Si](C)(C)c2ccccc2)CC1. The maximum Gasteiger partial charge on any atom is 0.154 e. The second-order valence-electron chi connectivity index (χ2n) is 6.14. The topological polar surface area (TPSA) is 3.24 Å². The Labute approximate surface area is 113 Å². The van der Waals surface area contributed by atoms with Crippen molar-refractivity contribution >= 4 is 13.4 Å². The van der Waals surface area contributed by atoms with Gasteiger partial charge in [0.05, 0.1) is 0 Å². The Bertz CT molecular complexity index is 353. The molecule has 1 aromatic rings. The van der Waals surface area contributed by atoms with E-state index < -0.39 is 8.24 Å². The molecule has 100 valence electrons. The lowest BCUT2D eigenvalue weighted by Gasteiger charge is -2.42. The van der Waals surface area contributed by atoms with Gasteiger partial charge >= 0.3 is 0 Å². The number of benzene rings is 1. The van der Waals surface area contributed by atoms with Crippen LogP contribution in [0.15, 0.2) is 30.3 Å². The zero-order valence-electron chi connectivity index (χ0n) is 12.2. The van der Waals surface area contributed by atoms with Gasteiger partial charge in [0.25, 0.3) is 0 Å². The van der Waals surface area contributed by atoms with E-state index in [1.54, 1.807) is 5.19 Å². The fourth-order valence-electron chi connectivity index (χ4n) is 3.22. The van der Waals surface area contributed by atoms with E-state index in [9.17, 15) is 0 Å². The highest BCUT2D eigenvalue weighted by Crippen LogP contribution is 2.25. The van der Waals surface area contributed by atoms with Gasteiger partial charge in [-0.1, -0.05) is 63.2 Å². The minimum Gasteiger partial charge on any atom is -0.320 e. The van der Waals surface area contributed by atoms with Crippen LogP contribution < -0.4 is 5.19 Å². The first-order valence-corrected chi connectivity index (χ1v) is 10.4. The first-order valence-electron chi connectivity index (χ1n) is 7.45. The first kappa shape index (κ1) is 13.8. The average Bonchev–Trinajstić information content (AvgIpc) is 2.41. The molecule has 0 aliphatic carbocycles. The van der Waals surface area contributed by atoms with Crippen LogP contribution >= 0.6 is 0 Å². The zero-order chi connectivity index (χ0) is 13.0. The number of hydrogen-bond acceptors (Lipinski definition) is 1.